The summed E-state index contributed by atoms with van der Waals surface area (Å²) >= 11 is 7.37. The van der Waals surface area contributed by atoms with E-state index in [0.29, 0.717) is 11.6 Å². The minimum atomic E-state index is -0.0774. The van der Waals surface area contributed by atoms with Crippen molar-refractivity contribution in [1.82, 2.24) is 20.1 Å². The zero-order chi connectivity index (χ0) is 21.8. The number of fused-ring (bicyclic) bond motifs is 1. The number of hydrogen-bond acceptors (Lipinski definition) is 4. The first-order valence-electron chi connectivity index (χ1n) is 10.1. The van der Waals surface area contributed by atoms with E-state index in [2.05, 4.69) is 45.8 Å². The quantitative estimate of drug-likeness (QED) is 0.364. The highest BCUT2D eigenvalue weighted by Gasteiger charge is 2.16. The van der Waals surface area contributed by atoms with Crippen LogP contribution in [0, 0.1) is 0 Å². The van der Waals surface area contributed by atoms with Crippen molar-refractivity contribution in [3.63, 3.8) is 0 Å². The van der Waals surface area contributed by atoms with Crippen LogP contribution in [0.25, 0.3) is 22.2 Å². The van der Waals surface area contributed by atoms with Gasteiger partial charge in [0.25, 0.3) is 0 Å². The van der Waals surface area contributed by atoms with Gasteiger partial charge in [-0.3, -0.25) is 4.79 Å². The van der Waals surface area contributed by atoms with Gasteiger partial charge in [-0.2, -0.15) is 0 Å². The Morgan fingerprint density at radius 3 is 2.55 bits per heavy atom. The second-order valence-electron chi connectivity index (χ2n) is 7.24. The predicted octanol–water partition coefficient (Wildman–Crippen LogP) is 5.74. The van der Waals surface area contributed by atoms with E-state index < -0.39 is 0 Å². The fourth-order valence-corrected chi connectivity index (χ4v) is 4.41. The van der Waals surface area contributed by atoms with Crippen molar-refractivity contribution < 1.29 is 4.79 Å². The number of benzene rings is 3. The number of amides is 1. The summed E-state index contributed by atoms with van der Waals surface area (Å²) in [5.41, 5.74) is 2.03. The first kappa shape index (κ1) is 21.4. The first-order chi connectivity index (χ1) is 15.0. The van der Waals surface area contributed by atoms with Gasteiger partial charge in [-0.15, -0.1) is 10.2 Å². The van der Waals surface area contributed by atoms with Crippen molar-refractivity contribution >= 4 is 40.0 Å². The lowest BCUT2D eigenvalue weighted by molar-refractivity contribution is -0.119. The van der Waals surface area contributed by atoms with E-state index >= 15 is 0 Å². The molecule has 0 spiro atoms. The summed E-state index contributed by atoms with van der Waals surface area (Å²) < 4.78 is 2.01. The fourth-order valence-electron chi connectivity index (χ4n) is 3.47. The Bertz CT molecular complexity index is 1210. The molecule has 4 aromatic rings. The second kappa shape index (κ2) is 9.54. The van der Waals surface area contributed by atoms with Gasteiger partial charge in [-0.1, -0.05) is 59.8 Å². The van der Waals surface area contributed by atoms with Gasteiger partial charge >= 0.3 is 0 Å². The molecular formula is C24H23ClN4OS. The number of nitrogens with one attached hydrogen (secondary N) is 1. The summed E-state index contributed by atoms with van der Waals surface area (Å²) in [5.74, 6) is 1.01. The molecule has 4 rings (SSSR count). The zero-order valence-electron chi connectivity index (χ0n) is 17.4. The van der Waals surface area contributed by atoms with Gasteiger partial charge in [0.2, 0.25) is 5.91 Å². The van der Waals surface area contributed by atoms with Crippen LogP contribution in [0.1, 0.15) is 25.5 Å². The highest BCUT2D eigenvalue weighted by atomic mass is 35.5. The van der Waals surface area contributed by atoms with Crippen LogP contribution in [0.5, 0.6) is 0 Å². The van der Waals surface area contributed by atoms with Gasteiger partial charge in [0.15, 0.2) is 11.0 Å². The Kier molecular flexibility index (Phi) is 6.59. The molecule has 0 bridgehead atoms. The number of rotatable bonds is 7. The van der Waals surface area contributed by atoms with E-state index in [1.54, 1.807) is 0 Å². The Balaban J connectivity index is 1.40. The van der Waals surface area contributed by atoms with E-state index in [1.165, 1.54) is 22.5 Å². The molecule has 1 heterocycles. The van der Waals surface area contributed by atoms with Crippen molar-refractivity contribution in [2.24, 2.45) is 0 Å². The molecule has 1 aromatic heterocycles. The molecule has 31 heavy (non-hydrogen) atoms. The molecule has 5 nitrogen and oxygen atoms in total. The van der Waals surface area contributed by atoms with E-state index in [9.17, 15) is 4.79 Å². The lowest BCUT2D eigenvalue weighted by Crippen LogP contribution is -2.28. The third-order valence-corrected chi connectivity index (χ3v) is 6.34. The Labute approximate surface area is 190 Å². The number of halogens is 1. The highest BCUT2D eigenvalue weighted by molar-refractivity contribution is 7.99. The number of thioether (sulfide) groups is 1. The van der Waals surface area contributed by atoms with E-state index in [0.717, 1.165) is 22.1 Å². The molecule has 7 heteroatoms. The zero-order valence-corrected chi connectivity index (χ0v) is 19.0. The third-order valence-electron chi connectivity index (χ3n) is 5.12. The SMILES string of the molecule is CCn1c(SCC(=O)NC(C)c2ccc3ccccc3c2)nnc1-c1ccc(Cl)cc1. The van der Waals surface area contributed by atoms with Crippen LogP contribution in [-0.2, 0) is 11.3 Å². The smallest absolute Gasteiger partial charge is 0.230 e. The minimum Gasteiger partial charge on any atom is -0.349 e. The van der Waals surface area contributed by atoms with Crippen LogP contribution >= 0.6 is 23.4 Å². The molecule has 1 amide bonds. The van der Waals surface area contributed by atoms with E-state index in [-0.39, 0.29) is 17.7 Å². The van der Waals surface area contributed by atoms with Crippen LogP contribution in [-0.4, -0.2) is 26.4 Å². The maximum atomic E-state index is 12.6. The van der Waals surface area contributed by atoms with Gasteiger partial charge in [-0.25, -0.2) is 0 Å². The second-order valence-corrected chi connectivity index (χ2v) is 8.62. The minimum absolute atomic E-state index is 0.0376. The van der Waals surface area contributed by atoms with Gasteiger partial charge in [0.05, 0.1) is 11.8 Å². The fraction of sp³-hybridized carbons (Fsp3) is 0.208. The highest BCUT2D eigenvalue weighted by Crippen LogP contribution is 2.25. The Hall–Kier alpha value is -2.83. The number of carbonyl (C=O) groups excluding carboxylic acids is 1. The molecule has 1 N–H and O–H groups in total. The lowest BCUT2D eigenvalue weighted by atomic mass is 10.0. The van der Waals surface area contributed by atoms with Crippen LogP contribution < -0.4 is 5.32 Å². The number of carbonyl (C=O) groups is 1. The summed E-state index contributed by atoms with van der Waals surface area (Å²) in [4.78, 5) is 12.6. The maximum Gasteiger partial charge on any atom is 0.230 e. The average Bonchev–Trinajstić information content (AvgIpc) is 3.20. The molecule has 0 aliphatic carbocycles. The lowest BCUT2D eigenvalue weighted by Gasteiger charge is -2.15. The van der Waals surface area contributed by atoms with Crippen LogP contribution in [0.4, 0.5) is 0 Å². The molecule has 0 fully saturated rings. The molecule has 1 atom stereocenters. The van der Waals surface area contributed by atoms with Gasteiger partial charge in [0.1, 0.15) is 0 Å². The third kappa shape index (κ3) is 4.92. The molecule has 0 aliphatic rings. The molecular weight excluding hydrogens is 428 g/mol. The van der Waals surface area contributed by atoms with Crippen LogP contribution in [0.15, 0.2) is 71.9 Å². The van der Waals surface area contributed by atoms with Crippen molar-refractivity contribution in [3.8, 4) is 11.4 Å². The molecule has 0 saturated carbocycles. The van der Waals surface area contributed by atoms with Crippen molar-refractivity contribution in [3.05, 3.63) is 77.3 Å². The molecule has 0 radical (unpaired) electrons. The number of aromatic nitrogens is 3. The van der Waals surface area contributed by atoms with Gasteiger partial charge < -0.3 is 9.88 Å². The van der Waals surface area contributed by atoms with Crippen molar-refractivity contribution in [2.45, 2.75) is 31.6 Å². The first-order valence-corrected chi connectivity index (χ1v) is 11.5. The monoisotopic (exact) mass is 450 g/mol. The van der Waals surface area contributed by atoms with Crippen molar-refractivity contribution in [1.29, 1.82) is 0 Å². The Morgan fingerprint density at radius 2 is 1.81 bits per heavy atom. The normalized spacial score (nSPS) is 12.1. The van der Waals surface area contributed by atoms with Gasteiger partial charge in [-0.05, 0) is 60.5 Å². The molecule has 1 unspecified atom stereocenters. The van der Waals surface area contributed by atoms with Crippen molar-refractivity contribution in [2.75, 3.05) is 5.75 Å². The summed E-state index contributed by atoms with van der Waals surface area (Å²) in [7, 11) is 0. The predicted molar refractivity (Wildman–Crippen MR) is 127 cm³/mol. The molecule has 0 saturated heterocycles. The summed E-state index contributed by atoms with van der Waals surface area (Å²) in [6, 6.07) is 21.9. The molecule has 0 aliphatic heterocycles. The Morgan fingerprint density at radius 1 is 1.06 bits per heavy atom. The number of hydrogen-bond donors (Lipinski definition) is 1. The van der Waals surface area contributed by atoms with Gasteiger partial charge in [0, 0.05) is 17.1 Å². The summed E-state index contributed by atoms with van der Waals surface area (Å²) in [6.07, 6.45) is 0. The average molecular weight is 451 g/mol. The largest absolute Gasteiger partial charge is 0.349 e. The standard InChI is InChI=1S/C24H23ClN4OS/c1-3-29-23(18-10-12-21(25)13-11-18)27-28-24(29)31-15-22(30)26-16(2)19-9-8-17-6-4-5-7-20(17)14-19/h4-14,16H,3,15H2,1-2H3,(H,26,30). The summed E-state index contributed by atoms with van der Waals surface area (Å²) in [5, 5.41) is 15.5. The summed E-state index contributed by atoms with van der Waals surface area (Å²) in [6.45, 7) is 4.75. The topological polar surface area (TPSA) is 59.8 Å². The van der Waals surface area contributed by atoms with E-state index in [1.807, 2.05) is 54.8 Å². The van der Waals surface area contributed by atoms with E-state index in [4.69, 9.17) is 11.6 Å². The molecule has 158 valence electrons. The number of nitrogens with zero attached hydrogens (tertiary/aromatic N) is 3. The maximum absolute atomic E-state index is 12.6. The van der Waals surface area contributed by atoms with Crippen LogP contribution in [0.3, 0.4) is 0 Å². The molecule has 3 aromatic carbocycles. The van der Waals surface area contributed by atoms with Crippen LogP contribution in [0.2, 0.25) is 5.02 Å².